The number of amides is 1. The van der Waals surface area contributed by atoms with E-state index in [0.29, 0.717) is 10.7 Å². The molecular formula is C12H10N2OS2. The number of anilines is 1. The molecule has 0 saturated carbocycles. The molecule has 0 atom stereocenters. The predicted octanol–water partition coefficient (Wildman–Crippen LogP) is 2.87. The summed E-state index contributed by atoms with van der Waals surface area (Å²) in [5.41, 5.74) is 1.47. The lowest BCUT2D eigenvalue weighted by molar-refractivity contribution is 0.0978. The molecule has 86 valence electrons. The molecule has 0 radical (unpaired) electrons. The van der Waals surface area contributed by atoms with E-state index in [4.69, 9.17) is 12.2 Å². The van der Waals surface area contributed by atoms with E-state index < -0.39 is 0 Å². The quantitative estimate of drug-likeness (QED) is 0.818. The van der Waals surface area contributed by atoms with E-state index in [-0.39, 0.29) is 5.91 Å². The van der Waals surface area contributed by atoms with Gasteiger partial charge in [-0.15, -0.1) is 0 Å². The van der Waals surface area contributed by atoms with Crippen LogP contribution < -0.4 is 10.6 Å². The molecule has 17 heavy (non-hydrogen) atoms. The molecule has 0 aliphatic rings. The second-order valence-corrected chi connectivity index (χ2v) is 4.47. The average molecular weight is 262 g/mol. The summed E-state index contributed by atoms with van der Waals surface area (Å²) in [5, 5.41) is 9.71. The lowest BCUT2D eigenvalue weighted by atomic mass is 10.2. The lowest BCUT2D eigenvalue weighted by Crippen LogP contribution is -2.33. The molecule has 0 unspecified atom stereocenters. The van der Waals surface area contributed by atoms with E-state index >= 15 is 0 Å². The minimum atomic E-state index is -0.210. The summed E-state index contributed by atoms with van der Waals surface area (Å²) in [4.78, 5) is 11.7. The fraction of sp³-hybridized carbons (Fsp3) is 0. The van der Waals surface area contributed by atoms with Crippen molar-refractivity contribution < 1.29 is 4.79 Å². The molecule has 0 spiro atoms. The lowest BCUT2D eigenvalue weighted by Gasteiger charge is -2.07. The number of rotatable bonds is 2. The Balaban J connectivity index is 1.93. The third kappa shape index (κ3) is 3.37. The van der Waals surface area contributed by atoms with Gasteiger partial charge in [0.1, 0.15) is 0 Å². The number of carbonyl (C=O) groups is 1. The van der Waals surface area contributed by atoms with E-state index in [9.17, 15) is 4.79 Å². The van der Waals surface area contributed by atoms with Gasteiger partial charge in [0.15, 0.2) is 5.11 Å². The number of hydrogen-bond donors (Lipinski definition) is 2. The van der Waals surface area contributed by atoms with E-state index in [1.54, 1.807) is 23.5 Å². The van der Waals surface area contributed by atoms with Gasteiger partial charge in [-0.1, -0.05) is 18.2 Å². The van der Waals surface area contributed by atoms with Gasteiger partial charge in [0.05, 0.1) is 5.69 Å². The predicted molar refractivity (Wildman–Crippen MR) is 74.4 cm³/mol. The third-order valence-corrected chi connectivity index (χ3v) is 2.93. The van der Waals surface area contributed by atoms with Crippen LogP contribution in [0.5, 0.6) is 0 Å². The van der Waals surface area contributed by atoms with Crippen LogP contribution in [-0.4, -0.2) is 11.0 Å². The van der Waals surface area contributed by atoms with Crippen LogP contribution in [-0.2, 0) is 0 Å². The second kappa shape index (κ2) is 5.56. The van der Waals surface area contributed by atoms with E-state index in [0.717, 1.165) is 5.69 Å². The summed E-state index contributed by atoms with van der Waals surface area (Å²) >= 11 is 6.60. The van der Waals surface area contributed by atoms with Crippen LogP contribution in [0.15, 0.2) is 47.2 Å². The number of hydrogen-bond acceptors (Lipinski definition) is 3. The van der Waals surface area contributed by atoms with Crippen molar-refractivity contribution >= 4 is 40.3 Å². The van der Waals surface area contributed by atoms with Crippen molar-refractivity contribution in [2.75, 3.05) is 5.32 Å². The van der Waals surface area contributed by atoms with Crippen molar-refractivity contribution in [2.24, 2.45) is 0 Å². The summed E-state index contributed by atoms with van der Waals surface area (Å²) in [6, 6.07) is 10.9. The molecule has 1 amide bonds. The highest BCUT2D eigenvalue weighted by molar-refractivity contribution is 7.80. The van der Waals surface area contributed by atoms with Crippen LogP contribution in [0.4, 0.5) is 5.69 Å². The van der Waals surface area contributed by atoms with Crippen LogP contribution in [0.2, 0.25) is 0 Å². The van der Waals surface area contributed by atoms with Crippen LogP contribution in [0.3, 0.4) is 0 Å². The average Bonchev–Trinajstić information content (AvgIpc) is 2.82. The Kier molecular flexibility index (Phi) is 3.85. The number of carbonyl (C=O) groups excluding carboxylic acids is 1. The molecule has 2 N–H and O–H groups in total. The Labute approximate surface area is 108 Å². The number of nitrogens with one attached hydrogen (secondary N) is 2. The maximum atomic E-state index is 11.7. The smallest absolute Gasteiger partial charge is 0.257 e. The van der Waals surface area contributed by atoms with Gasteiger partial charge in [0, 0.05) is 10.9 Å². The monoisotopic (exact) mass is 262 g/mol. The van der Waals surface area contributed by atoms with Crippen molar-refractivity contribution in [1.29, 1.82) is 0 Å². The maximum absolute atomic E-state index is 11.7. The summed E-state index contributed by atoms with van der Waals surface area (Å²) in [6.07, 6.45) is 0. The second-order valence-electron chi connectivity index (χ2n) is 3.29. The van der Waals surface area contributed by atoms with Crippen molar-refractivity contribution in [3.05, 3.63) is 52.7 Å². The number of thiophene rings is 1. The Hall–Kier alpha value is -1.72. The van der Waals surface area contributed by atoms with Gasteiger partial charge in [-0.2, -0.15) is 11.3 Å². The summed E-state index contributed by atoms with van der Waals surface area (Å²) in [7, 11) is 0. The topological polar surface area (TPSA) is 41.1 Å². The highest BCUT2D eigenvalue weighted by atomic mass is 32.1. The number of benzene rings is 1. The van der Waals surface area contributed by atoms with E-state index in [1.807, 2.05) is 35.0 Å². The van der Waals surface area contributed by atoms with Gasteiger partial charge >= 0.3 is 0 Å². The fourth-order valence-electron chi connectivity index (χ4n) is 1.26. The van der Waals surface area contributed by atoms with Crippen LogP contribution in [0.25, 0.3) is 0 Å². The molecule has 1 aromatic heterocycles. The van der Waals surface area contributed by atoms with E-state index in [1.165, 1.54) is 0 Å². The maximum Gasteiger partial charge on any atom is 0.257 e. The molecule has 1 heterocycles. The first-order valence-electron chi connectivity index (χ1n) is 4.95. The fourth-order valence-corrected chi connectivity index (χ4v) is 2.06. The summed E-state index contributed by atoms with van der Waals surface area (Å²) in [5.74, 6) is -0.210. The molecule has 2 aromatic rings. The van der Waals surface area contributed by atoms with Crippen LogP contribution >= 0.6 is 23.6 Å². The normalized spacial score (nSPS) is 9.65. The van der Waals surface area contributed by atoms with Crippen LogP contribution in [0.1, 0.15) is 10.4 Å². The minimum absolute atomic E-state index is 0.210. The zero-order chi connectivity index (χ0) is 12.1. The number of thiocarbonyl (C=S) groups is 1. The Bertz CT molecular complexity index is 509. The molecule has 0 aliphatic carbocycles. The van der Waals surface area contributed by atoms with Gasteiger partial charge in [-0.25, -0.2) is 0 Å². The summed E-state index contributed by atoms with van der Waals surface area (Å²) in [6.45, 7) is 0. The van der Waals surface area contributed by atoms with Crippen molar-refractivity contribution in [2.45, 2.75) is 0 Å². The largest absolute Gasteiger partial charge is 0.332 e. The van der Waals surface area contributed by atoms with Gasteiger partial charge in [0.25, 0.3) is 5.91 Å². The minimum Gasteiger partial charge on any atom is -0.332 e. The standard InChI is InChI=1S/C12H10N2OS2/c15-11(9-4-2-1-3-5-9)14-12(16)13-10-6-7-17-8-10/h1-8H,(H2,13,14,15,16). The summed E-state index contributed by atoms with van der Waals surface area (Å²) < 4.78 is 0. The Morgan fingerprint density at radius 1 is 1.18 bits per heavy atom. The molecule has 0 bridgehead atoms. The first-order valence-corrected chi connectivity index (χ1v) is 6.30. The highest BCUT2D eigenvalue weighted by Crippen LogP contribution is 2.11. The van der Waals surface area contributed by atoms with Gasteiger partial charge in [-0.05, 0) is 35.8 Å². The molecular weight excluding hydrogens is 252 g/mol. The van der Waals surface area contributed by atoms with Gasteiger partial charge in [-0.3, -0.25) is 10.1 Å². The first-order chi connectivity index (χ1) is 8.25. The first kappa shape index (κ1) is 11.8. The molecule has 0 saturated heterocycles. The molecule has 5 heteroatoms. The Morgan fingerprint density at radius 3 is 2.59 bits per heavy atom. The third-order valence-electron chi connectivity index (χ3n) is 2.04. The molecule has 1 aromatic carbocycles. The van der Waals surface area contributed by atoms with E-state index in [2.05, 4.69) is 10.6 Å². The zero-order valence-corrected chi connectivity index (χ0v) is 10.5. The Morgan fingerprint density at radius 2 is 1.94 bits per heavy atom. The van der Waals surface area contributed by atoms with Crippen molar-refractivity contribution in [3.63, 3.8) is 0 Å². The zero-order valence-electron chi connectivity index (χ0n) is 8.84. The highest BCUT2D eigenvalue weighted by Gasteiger charge is 2.06. The van der Waals surface area contributed by atoms with Gasteiger partial charge in [0.2, 0.25) is 0 Å². The van der Waals surface area contributed by atoms with Crippen LogP contribution in [0, 0.1) is 0 Å². The SMILES string of the molecule is O=C(NC(=S)Nc1ccsc1)c1ccccc1. The molecule has 0 aliphatic heterocycles. The molecule has 3 nitrogen and oxygen atoms in total. The van der Waals surface area contributed by atoms with Crippen molar-refractivity contribution in [1.82, 2.24) is 5.32 Å². The van der Waals surface area contributed by atoms with Gasteiger partial charge < -0.3 is 5.32 Å². The molecule has 2 rings (SSSR count). The van der Waals surface area contributed by atoms with Crippen molar-refractivity contribution in [3.8, 4) is 0 Å². The molecule has 0 fully saturated rings.